The number of anilines is 1. The van der Waals surface area contributed by atoms with Gasteiger partial charge in [0, 0.05) is 30.8 Å². The van der Waals surface area contributed by atoms with E-state index in [0.29, 0.717) is 17.9 Å². The molecule has 0 saturated carbocycles. The van der Waals surface area contributed by atoms with E-state index >= 15 is 0 Å². The van der Waals surface area contributed by atoms with Gasteiger partial charge in [-0.25, -0.2) is 9.97 Å². The van der Waals surface area contributed by atoms with Crippen molar-refractivity contribution < 1.29 is 13.5 Å². The maximum Gasteiger partial charge on any atom is 0.387 e. The first-order chi connectivity index (χ1) is 10.7. The molecule has 0 aromatic carbocycles. The molecule has 0 atom stereocenters. The molecule has 1 saturated heterocycles. The molecule has 22 heavy (non-hydrogen) atoms. The van der Waals surface area contributed by atoms with Crippen LogP contribution in [0.4, 0.5) is 14.7 Å². The van der Waals surface area contributed by atoms with Gasteiger partial charge in [0.25, 0.3) is 0 Å². The highest BCUT2D eigenvalue weighted by Gasteiger charge is 2.20. The number of halogens is 3. The zero-order chi connectivity index (χ0) is 15.8. The molecular weight excluding hydrogens is 334 g/mol. The zero-order valence-electron chi connectivity index (χ0n) is 12.1. The maximum absolute atomic E-state index is 12.0. The number of hydrogen-bond donors (Lipinski definition) is 1. The Morgan fingerprint density at radius 2 is 2.05 bits per heavy atom. The highest BCUT2D eigenvalue weighted by atomic mass is 35.5. The average Bonchev–Trinajstić information content (AvgIpc) is 2.51. The molecular formula is C13H19ClF2N4OS. The number of ether oxygens (including phenoxy) is 1. The summed E-state index contributed by atoms with van der Waals surface area (Å²) in [6, 6.07) is 0.298. The summed E-state index contributed by atoms with van der Waals surface area (Å²) >= 11 is 7.51. The van der Waals surface area contributed by atoms with Crippen LogP contribution in [0, 0.1) is 0 Å². The van der Waals surface area contributed by atoms with Gasteiger partial charge in [0.1, 0.15) is 0 Å². The number of hydrogen-bond acceptors (Lipinski definition) is 6. The lowest BCUT2D eigenvalue weighted by Gasteiger charge is -2.31. The average molecular weight is 353 g/mol. The van der Waals surface area contributed by atoms with Crippen molar-refractivity contribution in [1.82, 2.24) is 14.3 Å². The fourth-order valence-electron chi connectivity index (χ4n) is 2.11. The molecule has 1 aromatic heterocycles. The Bertz CT molecular complexity index is 433. The summed E-state index contributed by atoms with van der Waals surface area (Å²) in [6.45, 7) is -0.864. The van der Waals surface area contributed by atoms with Gasteiger partial charge in [-0.3, -0.25) is 4.31 Å². The van der Waals surface area contributed by atoms with Crippen LogP contribution in [0.2, 0.25) is 0 Å². The summed E-state index contributed by atoms with van der Waals surface area (Å²) < 4.78 is 30.6. The topological polar surface area (TPSA) is 50.3 Å². The maximum atomic E-state index is 12.0. The molecule has 1 aromatic rings. The van der Waals surface area contributed by atoms with Crippen LogP contribution in [0.1, 0.15) is 19.3 Å². The van der Waals surface area contributed by atoms with E-state index in [0.717, 1.165) is 38.1 Å². The van der Waals surface area contributed by atoms with E-state index < -0.39 is 6.61 Å². The van der Waals surface area contributed by atoms with Crippen LogP contribution >= 0.6 is 23.5 Å². The molecule has 5 nitrogen and oxygen atoms in total. The molecule has 0 spiro atoms. The van der Waals surface area contributed by atoms with Gasteiger partial charge in [-0.1, -0.05) is 11.9 Å². The Labute approximate surface area is 137 Å². The van der Waals surface area contributed by atoms with E-state index in [2.05, 4.69) is 24.3 Å². The predicted molar refractivity (Wildman–Crippen MR) is 84.7 cm³/mol. The van der Waals surface area contributed by atoms with Crippen LogP contribution in [-0.2, 0) is 0 Å². The largest absolute Gasteiger partial charge is 0.432 e. The molecule has 0 radical (unpaired) electrons. The van der Waals surface area contributed by atoms with Crippen molar-refractivity contribution in [3.05, 3.63) is 12.4 Å². The minimum atomic E-state index is -2.86. The van der Waals surface area contributed by atoms with Crippen molar-refractivity contribution in [3.63, 3.8) is 0 Å². The van der Waals surface area contributed by atoms with E-state index in [1.165, 1.54) is 12.4 Å². The van der Waals surface area contributed by atoms with Crippen molar-refractivity contribution >= 4 is 29.5 Å². The summed E-state index contributed by atoms with van der Waals surface area (Å²) in [5, 5.41) is 3.23. The van der Waals surface area contributed by atoms with Gasteiger partial charge in [0.15, 0.2) is 5.75 Å². The summed E-state index contributed by atoms with van der Waals surface area (Å²) in [5.74, 6) is 2.16. The lowest BCUT2D eigenvalue weighted by Crippen LogP contribution is -2.36. The second-order valence-corrected chi connectivity index (χ2v) is 6.41. The van der Waals surface area contributed by atoms with E-state index in [1.54, 1.807) is 0 Å². The molecule has 0 amide bonds. The lowest BCUT2D eigenvalue weighted by atomic mass is 10.1. The first kappa shape index (κ1) is 17.5. The molecule has 9 heteroatoms. The minimum absolute atomic E-state index is 0.0361. The molecule has 2 rings (SSSR count). The minimum Gasteiger partial charge on any atom is -0.432 e. The van der Waals surface area contributed by atoms with Crippen molar-refractivity contribution in [1.29, 1.82) is 0 Å². The van der Waals surface area contributed by atoms with Crippen LogP contribution in [0.15, 0.2) is 12.4 Å². The third-order valence-corrected chi connectivity index (χ3v) is 4.66. The number of piperidine rings is 1. The zero-order valence-corrected chi connectivity index (χ0v) is 13.6. The summed E-state index contributed by atoms with van der Waals surface area (Å²) in [5.41, 5.74) is 0. The van der Waals surface area contributed by atoms with Gasteiger partial charge in [-0.2, -0.15) is 8.78 Å². The first-order valence-corrected chi connectivity index (χ1v) is 8.62. The van der Waals surface area contributed by atoms with Gasteiger partial charge in [-0.05, 0) is 19.3 Å². The summed E-state index contributed by atoms with van der Waals surface area (Å²) in [4.78, 5) is 7.98. The van der Waals surface area contributed by atoms with Crippen LogP contribution < -0.4 is 10.1 Å². The van der Waals surface area contributed by atoms with E-state index in [9.17, 15) is 8.78 Å². The molecule has 2 heterocycles. The highest BCUT2D eigenvalue weighted by molar-refractivity contribution is 7.97. The third kappa shape index (κ3) is 6.10. The summed E-state index contributed by atoms with van der Waals surface area (Å²) in [6.07, 6.45) is 5.50. The molecule has 1 N–H and O–H groups in total. The molecule has 124 valence electrons. The number of rotatable bonds is 8. The highest BCUT2D eigenvalue weighted by Crippen LogP contribution is 2.21. The smallest absolute Gasteiger partial charge is 0.387 e. The Hall–Kier alpha value is -0.860. The Morgan fingerprint density at radius 3 is 2.64 bits per heavy atom. The van der Waals surface area contributed by atoms with E-state index in [-0.39, 0.29) is 5.75 Å². The van der Waals surface area contributed by atoms with Crippen LogP contribution in [0.3, 0.4) is 0 Å². The van der Waals surface area contributed by atoms with E-state index in [1.807, 2.05) is 11.9 Å². The van der Waals surface area contributed by atoms with Crippen molar-refractivity contribution in [2.75, 3.05) is 30.0 Å². The van der Waals surface area contributed by atoms with E-state index in [4.69, 9.17) is 11.6 Å². The Kier molecular flexibility index (Phi) is 7.41. The molecule has 0 unspecified atom stereocenters. The van der Waals surface area contributed by atoms with Gasteiger partial charge >= 0.3 is 6.61 Å². The molecule has 0 aliphatic carbocycles. The number of aromatic nitrogens is 2. The number of nitrogens with zero attached hydrogens (tertiary/aromatic N) is 3. The molecule has 1 aliphatic heterocycles. The standard InChI is InChI=1S/C13H19ClF2N4OS/c14-4-1-7-22-20-5-2-10(3-6-20)19-13-17-8-11(9-18-13)21-12(15)16/h8-10,12H,1-7H2,(H,17,18,19). The quantitative estimate of drug-likeness (QED) is 0.440. The molecule has 1 aliphatic rings. The molecule has 0 bridgehead atoms. The third-order valence-electron chi connectivity index (χ3n) is 3.19. The normalized spacial score (nSPS) is 16.9. The first-order valence-electron chi connectivity index (χ1n) is 7.14. The second-order valence-electron chi connectivity index (χ2n) is 4.84. The van der Waals surface area contributed by atoms with Gasteiger partial charge in [0.2, 0.25) is 5.95 Å². The lowest BCUT2D eigenvalue weighted by molar-refractivity contribution is -0.0503. The van der Waals surface area contributed by atoms with Crippen LogP contribution in [-0.4, -0.2) is 51.6 Å². The SMILES string of the molecule is FC(F)Oc1cnc(NC2CCN(SCCCCl)CC2)nc1. The fourth-order valence-corrected chi connectivity index (χ4v) is 3.41. The Balaban J connectivity index is 1.71. The number of nitrogens with one attached hydrogen (secondary N) is 1. The van der Waals surface area contributed by atoms with Crippen molar-refractivity contribution in [2.45, 2.75) is 31.9 Å². The van der Waals surface area contributed by atoms with Gasteiger partial charge in [-0.15, -0.1) is 11.6 Å². The van der Waals surface area contributed by atoms with Crippen molar-refractivity contribution in [2.24, 2.45) is 0 Å². The monoisotopic (exact) mass is 352 g/mol. The predicted octanol–water partition coefficient (Wildman–Crippen LogP) is 3.23. The summed E-state index contributed by atoms with van der Waals surface area (Å²) in [7, 11) is 0. The van der Waals surface area contributed by atoms with Gasteiger partial charge in [0.05, 0.1) is 12.4 Å². The van der Waals surface area contributed by atoms with Gasteiger partial charge < -0.3 is 10.1 Å². The Morgan fingerprint density at radius 1 is 1.36 bits per heavy atom. The van der Waals surface area contributed by atoms with Crippen LogP contribution in [0.25, 0.3) is 0 Å². The fraction of sp³-hybridized carbons (Fsp3) is 0.692. The van der Waals surface area contributed by atoms with Crippen molar-refractivity contribution in [3.8, 4) is 5.75 Å². The molecule has 1 fully saturated rings. The number of alkyl halides is 3. The van der Waals surface area contributed by atoms with Crippen LogP contribution in [0.5, 0.6) is 5.75 Å². The second kappa shape index (κ2) is 9.32.